The molecule has 2 aromatic heterocycles. The van der Waals surface area contributed by atoms with E-state index in [1.165, 1.54) is 18.7 Å². The van der Waals surface area contributed by atoms with Crippen molar-refractivity contribution in [1.82, 2.24) is 14.1 Å². The molecule has 31 heavy (non-hydrogen) atoms. The van der Waals surface area contributed by atoms with Gasteiger partial charge in [0.1, 0.15) is 5.39 Å². The van der Waals surface area contributed by atoms with Crippen LogP contribution in [0.1, 0.15) is 30.9 Å². The molecule has 0 aliphatic rings. The highest BCUT2D eigenvalue weighted by Gasteiger charge is 2.20. The van der Waals surface area contributed by atoms with Crippen LogP contribution in [0.2, 0.25) is 0 Å². The van der Waals surface area contributed by atoms with Gasteiger partial charge < -0.3 is 14.8 Å². The van der Waals surface area contributed by atoms with Gasteiger partial charge in [0.25, 0.3) is 5.56 Å². The van der Waals surface area contributed by atoms with Gasteiger partial charge in [-0.05, 0) is 29.2 Å². The normalized spacial score (nSPS) is 11.1. The molecule has 0 spiro atoms. The standard InChI is InChI=1S/C22H26N4O5/c1-12(2)14-11-23-20-18(21(28)26(4)22(29)25(20)3)19(14)24-17(27)10-13-7-8-15(30-5)16(9-13)31-6/h7-9,11-12H,10H2,1-6H3,(H,23,24,27). The lowest BCUT2D eigenvalue weighted by Gasteiger charge is -2.17. The van der Waals surface area contributed by atoms with E-state index in [2.05, 4.69) is 10.3 Å². The monoisotopic (exact) mass is 426 g/mol. The van der Waals surface area contributed by atoms with Gasteiger partial charge in [-0.15, -0.1) is 0 Å². The second kappa shape index (κ2) is 8.63. The lowest BCUT2D eigenvalue weighted by Crippen LogP contribution is -2.38. The fourth-order valence-electron chi connectivity index (χ4n) is 3.47. The number of fused-ring (bicyclic) bond motifs is 1. The Labute approximate surface area is 179 Å². The molecule has 9 heteroatoms. The molecule has 164 valence electrons. The number of carbonyl (C=O) groups excluding carboxylic acids is 1. The number of anilines is 1. The molecule has 1 amide bonds. The maximum absolute atomic E-state index is 12.9. The number of benzene rings is 1. The van der Waals surface area contributed by atoms with Crippen molar-refractivity contribution in [3.8, 4) is 11.5 Å². The first kappa shape index (κ1) is 22.1. The Morgan fingerprint density at radius 3 is 2.39 bits per heavy atom. The van der Waals surface area contributed by atoms with Crippen molar-refractivity contribution < 1.29 is 14.3 Å². The summed E-state index contributed by atoms with van der Waals surface area (Å²) in [5, 5.41) is 3.09. The summed E-state index contributed by atoms with van der Waals surface area (Å²) in [7, 11) is 6.02. The number of rotatable bonds is 6. The summed E-state index contributed by atoms with van der Waals surface area (Å²) in [5.41, 5.74) is 1.05. The van der Waals surface area contributed by atoms with E-state index in [1.54, 1.807) is 38.6 Å². The lowest BCUT2D eigenvalue weighted by atomic mass is 10.0. The molecule has 0 radical (unpaired) electrons. The third-order valence-corrected chi connectivity index (χ3v) is 5.20. The second-order valence-electron chi connectivity index (χ2n) is 7.56. The quantitative estimate of drug-likeness (QED) is 0.646. The minimum Gasteiger partial charge on any atom is -0.493 e. The Balaban J connectivity index is 2.08. The van der Waals surface area contributed by atoms with E-state index in [9.17, 15) is 14.4 Å². The van der Waals surface area contributed by atoms with Crippen LogP contribution >= 0.6 is 0 Å². The summed E-state index contributed by atoms with van der Waals surface area (Å²) in [5.74, 6) is 0.778. The van der Waals surface area contributed by atoms with Crippen molar-refractivity contribution in [2.75, 3.05) is 19.5 Å². The number of methoxy groups -OCH3 is 2. The number of hydrogen-bond acceptors (Lipinski definition) is 6. The van der Waals surface area contributed by atoms with Crippen molar-refractivity contribution in [1.29, 1.82) is 0 Å². The van der Waals surface area contributed by atoms with Crippen LogP contribution in [-0.2, 0) is 25.3 Å². The van der Waals surface area contributed by atoms with E-state index >= 15 is 0 Å². The van der Waals surface area contributed by atoms with Gasteiger partial charge in [0.2, 0.25) is 5.91 Å². The minimum atomic E-state index is -0.505. The van der Waals surface area contributed by atoms with E-state index in [4.69, 9.17) is 9.47 Å². The van der Waals surface area contributed by atoms with Crippen molar-refractivity contribution in [3.05, 3.63) is 56.4 Å². The van der Waals surface area contributed by atoms with Crippen LogP contribution < -0.4 is 26.0 Å². The molecular formula is C22H26N4O5. The van der Waals surface area contributed by atoms with Gasteiger partial charge in [-0.1, -0.05) is 19.9 Å². The molecule has 2 heterocycles. The van der Waals surface area contributed by atoms with Crippen molar-refractivity contribution >= 4 is 22.6 Å². The number of ether oxygens (including phenoxy) is 2. The summed E-state index contributed by atoms with van der Waals surface area (Å²) in [6.07, 6.45) is 1.66. The van der Waals surface area contributed by atoms with E-state index in [1.807, 2.05) is 13.8 Å². The Morgan fingerprint density at radius 1 is 1.10 bits per heavy atom. The number of amides is 1. The van der Waals surface area contributed by atoms with Gasteiger partial charge in [-0.25, -0.2) is 9.78 Å². The van der Waals surface area contributed by atoms with Gasteiger partial charge in [0, 0.05) is 20.3 Å². The van der Waals surface area contributed by atoms with Gasteiger partial charge >= 0.3 is 5.69 Å². The number of carbonyl (C=O) groups is 1. The molecule has 3 aromatic rings. The number of pyridine rings is 1. The zero-order valence-electron chi connectivity index (χ0n) is 18.5. The minimum absolute atomic E-state index is 0.00443. The first-order valence-electron chi connectivity index (χ1n) is 9.78. The number of nitrogens with one attached hydrogen (secondary N) is 1. The molecule has 0 fully saturated rings. The van der Waals surface area contributed by atoms with E-state index in [0.717, 1.165) is 10.1 Å². The summed E-state index contributed by atoms with van der Waals surface area (Å²) >= 11 is 0. The molecule has 0 saturated carbocycles. The molecular weight excluding hydrogens is 400 g/mol. The molecule has 0 aliphatic heterocycles. The third-order valence-electron chi connectivity index (χ3n) is 5.20. The van der Waals surface area contributed by atoms with Crippen LogP contribution in [0.5, 0.6) is 11.5 Å². The molecule has 9 nitrogen and oxygen atoms in total. The zero-order valence-corrected chi connectivity index (χ0v) is 18.5. The first-order chi connectivity index (χ1) is 14.7. The molecule has 1 N–H and O–H groups in total. The number of nitrogens with zero attached hydrogens (tertiary/aromatic N) is 3. The highest BCUT2D eigenvalue weighted by atomic mass is 16.5. The van der Waals surface area contributed by atoms with Gasteiger partial charge in [-0.3, -0.25) is 18.7 Å². The van der Waals surface area contributed by atoms with E-state index < -0.39 is 11.2 Å². The zero-order chi connectivity index (χ0) is 22.9. The van der Waals surface area contributed by atoms with Crippen LogP contribution in [0.15, 0.2) is 34.0 Å². The van der Waals surface area contributed by atoms with Gasteiger partial charge in [-0.2, -0.15) is 0 Å². The predicted octanol–water partition coefficient (Wildman–Crippen LogP) is 1.95. The third kappa shape index (κ3) is 4.03. The maximum Gasteiger partial charge on any atom is 0.332 e. The Kier molecular flexibility index (Phi) is 6.14. The average molecular weight is 426 g/mol. The maximum atomic E-state index is 12.9. The highest BCUT2D eigenvalue weighted by molar-refractivity contribution is 6.01. The van der Waals surface area contributed by atoms with E-state index in [-0.39, 0.29) is 29.3 Å². The largest absolute Gasteiger partial charge is 0.493 e. The molecule has 0 atom stereocenters. The topological polar surface area (TPSA) is 104 Å². The summed E-state index contributed by atoms with van der Waals surface area (Å²) in [6, 6.07) is 5.24. The van der Waals surface area contributed by atoms with Crippen LogP contribution in [0.25, 0.3) is 11.0 Å². The van der Waals surface area contributed by atoms with Crippen molar-refractivity contribution in [3.63, 3.8) is 0 Å². The fraction of sp³-hybridized carbons (Fsp3) is 0.364. The molecule has 0 bridgehead atoms. The Hall–Kier alpha value is -3.62. The SMILES string of the molecule is COc1ccc(CC(=O)Nc2c(C(C)C)cnc3c2c(=O)n(C)c(=O)n3C)cc1OC. The van der Waals surface area contributed by atoms with Gasteiger partial charge in [0.05, 0.1) is 26.3 Å². The lowest BCUT2D eigenvalue weighted by molar-refractivity contribution is -0.115. The highest BCUT2D eigenvalue weighted by Crippen LogP contribution is 2.30. The molecule has 3 rings (SSSR count). The summed E-state index contributed by atoms with van der Waals surface area (Å²) in [4.78, 5) is 42.5. The van der Waals surface area contributed by atoms with Crippen LogP contribution in [-0.4, -0.2) is 34.2 Å². The van der Waals surface area contributed by atoms with Crippen LogP contribution in [0.4, 0.5) is 5.69 Å². The number of aromatic nitrogens is 3. The molecule has 0 saturated heterocycles. The molecule has 0 aliphatic carbocycles. The van der Waals surface area contributed by atoms with Crippen LogP contribution in [0, 0.1) is 0 Å². The number of aryl methyl sites for hydroxylation is 1. The van der Waals surface area contributed by atoms with Crippen molar-refractivity contribution in [2.45, 2.75) is 26.2 Å². The average Bonchev–Trinajstić information content (AvgIpc) is 2.75. The van der Waals surface area contributed by atoms with Crippen LogP contribution in [0.3, 0.4) is 0 Å². The van der Waals surface area contributed by atoms with Crippen molar-refractivity contribution in [2.24, 2.45) is 14.1 Å². The van der Waals surface area contributed by atoms with Gasteiger partial charge in [0.15, 0.2) is 17.1 Å². The Morgan fingerprint density at radius 2 is 1.77 bits per heavy atom. The number of hydrogen-bond donors (Lipinski definition) is 1. The fourth-order valence-corrected chi connectivity index (χ4v) is 3.47. The Bertz CT molecular complexity index is 1270. The van der Waals surface area contributed by atoms with E-state index in [0.29, 0.717) is 22.7 Å². The smallest absolute Gasteiger partial charge is 0.332 e. The molecule has 1 aromatic carbocycles. The molecule has 0 unspecified atom stereocenters. The first-order valence-corrected chi connectivity index (χ1v) is 9.78. The summed E-state index contributed by atoms with van der Waals surface area (Å²) in [6.45, 7) is 3.89. The second-order valence-corrected chi connectivity index (χ2v) is 7.56. The summed E-state index contributed by atoms with van der Waals surface area (Å²) < 4.78 is 12.8. The predicted molar refractivity (Wildman–Crippen MR) is 118 cm³/mol.